The summed E-state index contributed by atoms with van der Waals surface area (Å²) in [6.45, 7) is 0. The van der Waals surface area contributed by atoms with Crippen molar-refractivity contribution in [1.29, 1.82) is 0 Å². The molecule has 0 saturated heterocycles. The van der Waals surface area contributed by atoms with Crippen LogP contribution in [0.1, 0.15) is 11.1 Å². The van der Waals surface area contributed by atoms with Gasteiger partial charge in [-0.2, -0.15) is 5.84 Å². The third kappa shape index (κ3) is 8.14. The second-order valence-corrected chi connectivity index (χ2v) is 19.6. The van der Waals surface area contributed by atoms with Crippen molar-refractivity contribution in [2.24, 2.45) is 5.84 Å². The maximum absolute atomic E-state index is 4.25. The molecule has 0 amide bonds. The molecule has 2 rings (SSSR count). The van der Waals surface area contributed by atoms with E-state index in [0.29, 0.717) is 0 Å². The van der Waals surface area contributed by atoms with Crippen molar-refractivity contribution in [3.63, 3.8) is 0 Å². The van der Waals surface area contributed by atoms with Gasteiger partial charge in [-0.25, -0.2) is 0 Å². The normalized spacial score (nSPS) is 10.6. The van der Waals surface area contributed by atoms with E-state index in [4.69, 9.17) is 0 Å². The minimum absolute atomic E-state index is 1.02. The van der Waals surface area contributed by atoms with E-state index >= 15 is 0 Å². The molecule has 21 heavy (non-hydrogen) atoms. The number of benzene rings is 2. The first-order chi connectivity index (χ1) is 10.2. The van der Waals surface area contributed by atoms with Crippen molar-refractivity contribution < 1.29 is 5.84 Å². The summed E-state index contributed by atoms with van der Waals surface area (Å²) in [4.78, 5) is 0. The minimum atomic E-state index is -1.02. The molecule has 0 spiro atoms. The van der Waals surface area contributed by atoms with Crippen molar-refractivity contribution in [1.82, 2.24) is 0 Å². The number of quaternary nitrogens is 1. The van der Waals surface area contributed by atoms with Gasteiger partial charge >= 0.3 is 132 Å². The Bertz CT molecular complexity index is 499. The van der Waals surface area contributed by atoms with E-state index in [2.05, 4.69) is 103 Å². The van der Waals surface area contributed by atoms with E-state index in [1.807, 2.05) is 0 Å². The molecule has 114 valence electrons. The van der Waals surface area contributed by atoms with Gasteiger partial charge in [0.2, 0.25) is 0 Å². The summed E-state index contributed by atoms with van der Waals surface area (Å²) in [7, 11) is 0. The zero-order chi connectivity index (χ0) is 15.6. The summed E-state index contributed by atoms with van der Waals surface area (Å²) in [5.41, 5.74) is 2.88. The zero-order valence-corrected chi connectivity index (χ0v) is 16.5. The Kier molecular flexibility index (Phi) is 9.47. The summed E-state index contributed by atoms with van der Waals surface area (Å²) >= 11 is 6.90. The molecule has 0 aliphatic rings. The second kappa shape index (κ2) is 10.5. The average molecular weight is 432 g/mol. The Morgan fingerprint density at radius 3 is 1.48 bits per heavy atom. The number of rotatable bonds is 6. The third-order valence-corrected chi connectivity index (χ3v) is 9.57. The molecule has 2 aromatic rings. The van der Waals surface area contributed by atoms with Crippen molar-refractivity contribution >= 4 is 34.9 Å². The van der Waals surface area contributed by atoms with E-state index in [1.54, 1.807) is 0 Å². The summed E-state index contributed by atoms with van der Waals surface area (Å²) in [5.74, 6) is 7.00. The molecule has 5 N–H and O–H groups in total. The van der Waals surface area contributed by atoms with Gasteiger partial charge in [0.25, 0.3) is 0 Å². The number of aryl methyl sites for hydroxylation is 2. The Labute approximate surface area is 143 Å². The first-order valence-electron chi connectivity index (χ1n) is 6.93. The molecule has 0 atom stereocenters. The Balaban J connectivity index is 0.00000106. The Morgan fingerprint density at radius 2 is 1.14 bits per heavy atom. The summed E-state index contributed by atoms with van der Waals surface area (Å²) in [5, 5.41) is 0. The van der Waals surface area contributed by atoms with Crippen LogP contribution in [0, 0.1) is 0 Å². The molecule has 0 bridgehead atoms. The Morgan fingerprint density at radius 1 is 0.810 bits per heavy atom. The van der Waals surface area contributed by atoms with Gasteiger partial charge in [-0.05, 0) is 0 Å². The van der Waals surface area contributed by atoms with Gasteiger partial charge in [-0.1, -0.05) is 0 Å². The van der Waals surface area contributed by atoms with Crippen LogP contribution in [0.2, 0.25) is 0 Å². The topological polar surface area (TPSA) is 53.7 Å². The van der Waals surface area contributed by atoms with Crippen LogP contribution in [0.5, 0.6) is 0 Å². The standard InChI is InChI=1S/C16H19PSe2.H4N2/c18-17(19,13-11-15-7-3-1-4-8-15)14-12-16-9-5-2-6-10-16;1-2/h1-10H,11-14H2,(H,18,19);1-2H2. The van der Waals surface area contributed by atoms with Crippen LogP contribution in [0.25, 0.3) is 0 Å². The fourth-order valence-corrected chi connectivity index (χ4v) is 5.72. The zero-order valence-electron chi connectivity index (χ0n) is 12.2. The van der Waals surface area contributed by atoms with Gasteiger partial charge in [0, 0.05) is 0 Å². The predicted octanol–water partition coefficient (Wildman–Crippen LogP) is 1.76. The van der Waals surface area contributed by atoms with Crippen LogP contribution in [0.4, 0.5) is 0 Å². The van der Waals surface area contributed by atoms with Gasteiger partial charge in [0.15, 0.2) is 0 Å². The van der Waals surface area contributed by atoms with E-state index in [-0.39, 0.29) is 0 Å². The maximum atomic E-state index is 4.25. The molecule has 0 radical (unpaired) electrons. The molecule has 0 aliphatic carbocycles. The molecule has 0 aliphatic heterocycles. The summed E-state index contributed by atoms with van der Waals surface area (Å²) < 4.78 is -1.02. The fraction of sp³-hybridized carbons (Fsp3) is 0.250. The monoisotopic (exact) mass is 434 g/mol. The van der Waals surface area contributed by atoms with Crippen molar-refractivity contribution in [2.75, 3.05) is 12.3 Å². The van der Waals surface area contributed by atoms with E-state index in [0.717, 1.165) is 0 Å². The number of hydrogen-bond acceptors (Lipinski definition) is 1. The first kappa shape index (κ1) is 18.9. The molecule has 2 nitrogen and oxygen atoms in total. The van der Waals surface area contributed by atoms with Gasteiger partial charge in [-0.3, -0.25) is 5.84 Å². The Hall–Kier alpha value is -0.171. The second-order valence-electron chi connectivity index (χ2n) is 4.73. The van der Waals surface area contributed by atoms with Gasteiger partial charge in [-0.15, -0.1) is 0 Å². The van der Waals surface area contributed by atoms with Crippen LogP contribution >= 0.6 is 4.20 Å². The van der Waals surface area contributed by atoms with E-state index in [9.17, 15) is 0 Å². The van der Waals surface area contributed by atoms with E-state index in [1.165, 1.54) is 36.3 Å². The predicted molar refractivity (Wildman–Crippen MR) is 95.5 cm³/mol. The third-order valence-electron chi connectivity index (χ3n) is 3.17. The fourth-order valence-electron chi connectivity index (χ4n) is 2.00. The average Bonchev–Trinajstić information content (AvgIpc) is 2.55. The quantitative estimate of drug-likeness (QED) is 0.311. The van der Waals surface area contributed by atoms with Gasteiger partial charge < -0.3 is 0 Å². The first-order valence-corrected chi connectivity index (χ1v) is 13.5. The molecule has 0 heterocycles. The van der Waals surface area contributed by atoms with Gasteiger partial charge in [0.1, 0.15) is 0 Å². The molecule has 0 unspecified atom stereocenters. The molecular formula is C16H23N2PSe2. The van der Waals surface area contributed by atoms with Crippen molar-refractivity contribution in [3.8, 4) is 0 Å². The SMILES string of the molecule is N[NH3+].[Se]=P([Se-])(CCc1ccccc1)CCc1ccccc1. The van der Waals surface area contributed by atoms with E-state index < -0.39 is 4.20 Å². The molecule has 5 heteroatoms. The molecule has 0 fully saturated rings. The van der Waals surface area contributed by atoms with Crippen LogP contribution in [0.15, 0.2) is 60.7 Å². The van der Waals surface area contributed by atoms with Crippen LogP contribution in [0.3, 0.4) is 0 Å². The van der Waals surface area contributed by atoms with Crippen LogP contribution < -0.4 is 11.7 Å². The van der Waals surface area contributed by atoms with Crippen LogP contribution in [-0.4, -0.2) is 43.0 Å². The molecule has 0 saturated carbocycles. The number of nitrogens with two attached hydrogens (primary N) is 1. The number of hydrogen-bond donors (Lipinski definition) is 2. The summed E-state index contributed by atoms with van der Waals surface area (Å²) in [6, 6.07) is 21.5. The molecule has 0 aromatic heterocycles. The van der Waals surface area contributed by atoms with Crippen molar-refractivity contribution in [3.05, 3.63) is 71.8 Å². The van der Waals surface area contributed by atoms with Gasteiger partial charge in [0.05, 0.1) is 0 Å². The van der Waals surface area contributed by atoms with Crippen LogP contribution in [-0.2, 0) is 12.8 Å². The summed E-state index contributed by atoms with van der Waals surface area (Å²) in [6.07, 6.45) is 4.85. The molecular weight excluding hydrogens is 409 g/mol. The molecule has 2 aromatic carbocycles. The van der Waals surface area contributed by atoms with Crippen molar-refractivity contribution in [2.45, 2.75) is 12.8 Å².